The number of hydrogen-bond donors (Lipinski definition) is 0. The van der Waals surface area contributed by atoms with E-state index in [4.69, 9.17) is 5.26 Å². The molecule has 0 saturated carbocycles. The van der Waals surface area contributed by atoms with Crippen LogP contribution in [0.25, 0.3) is 17.0 Å². The van der Waals surface area contributed by atoms with Gasteiger partial charge in [0, 0.05) is 12.3 Å². The number of rotatable bonds is 3. The van der Waals surface area contributed by atoms with Gasteiger partial charge in [-0.05, 0) is 18.2 Å². The Morgan fingerprint density at radius 1 is 1.19 bits per heavy atom. The zero-order valence-corrected chi connectivity index (χ0v) is 14.0. The van der Waals surface area contributed by atoms with Gasteiger partial charge in [0.25, 0.3) is 0 Å². The van der Waals surface area contributed by atoms with E-state index in [1.807, 2.05) is 0 Å². The van der Waals surface area contributed by atoms with Crippen LogP contribution in [0.15, 0.2) is 35.5 Å². The minimum absolute atomic E-state index is 0.0686. The number of nitriles is 1. The summed E-state index contributed by atoms with van der Waals surface area (Å²) in [5.74, 6) is -0.248. The zero-order chi connectivity index (χ0) is 19.1. The normalized spacial score (nSPS) is 12.3. The summed E-state index contributed by atoms with van der Waals surface area (Å²) in [6, 6.07) is 6.56. The van der Waals surface area contributed by atoms with E-state index in [1.165, 1.54) is 31.3 Å². The quantitative estimate of drug-likeness (QED) is 0.691. The maximum atomic E-state index is 12.7. The van der Waals surface area contributed by atoms with E-state index in [2.05, 4.69) is 15.1 Å². The van der Waals surface area contributed by atoms with Gasteiger partial charge in [0.05, 0.1) is 22.7 Å². The fourth-order valence-electron chi connectivity index (χ4n) is 2.20. The standard InChI is InChI=1S/C15H10F3N5O2S/c1-2-26(24,25)14-9(8-19)3-4-10(21-14)11-5-6-23-13(20-11)7-12(22-23)15(16,17)18/h3-7H,2H2,1H3. The van der Waals surface area contributed by atoms with Crippen molar-refractivity contribution >= 4 is 15.5 Å². The second kappa shape index (κ2) is 6.06. The van der Waals surface area contributed by atoms with Gasteiger partial charge in [-0.25, -0.2) is 22.9 Å². The molecule has 0 aliphatic heterocycles. The highest BCUT2D eigenvalue weighted by molar-refractivity contribution is 7.91. The summed E-state index contributed by atoms with van der Waals surface area (Å²) < 4.78 is 63.4. The Kier molecular flexibility index (Phi) is 4.15. The average Bonchev–Trinajstić information content (AvgIpc) is 3.04. The van der Waals surface area contributed by atoms with Gasteiger partial charge in [-0.15, -0.1) is 0 Å². The first-order chi connectivity index (χ1) is 12.2. The van der Waals surface area contributed by atoms with Crippen LogP contribution in [0.5, 0.6) is 0 Å². The average molecular weight is 381 g/mol. The van der Waals surface area contributed by atoms with Gasteiger partial charge in [-0.2, -0.15) is 23.5 Å². The molecule has 7 nitrogen and oxygen atoms in total. The molecule has 0 spiro atoms. The Morgan fingerprint density at radius 3 is 2.50 bits per heavy atom. The molecular formula is C15H10F3N5O2S. The summed E-state index contributed by atoms with van der Waals surface area (Å²) in [6.45, 7) is 1.42. The number of sulfone groups is 1. The number of aromatic nitrogens is 4. The van der Waals surface area contributed by atoms with Gasteiger partial charge in [0.2, 0.25) is 0 Å². The Bertz CT molecular complexity index is 1150. The lowest BCUT2D eigenvalue weighted by atomic mass is 10.2. The monoisotopic (exact) mass is 381 g/mol. The lowest BCUT2D eigenvalue weighted by molar-refractivity contribution is -0.141. The van der Waals surface area contributed by atoms with Crippen molar-refractivity contribution < 1.29 is 21.6 Å². The zero-order valence-electron chi connectivity index (χ0n) is 13.2. The Morgan fingerprint density at radius 2 is 1.88 bits per heavy atom. The highest BCUT2D eigenvalue weighted by Gasteiger charge is 2.34. The predicted molar refractivity (Wildman–Crippen MR) is 83.7 cm³/mol. The number of hydrogen-bond acceptors (Lipinski definition) is 6. The Balaban J connectivity index is 2.15. The molecule has 0 radical (unpaired) electrons. The maximum absolute atomic E-state index is 12.7. The summed E-state index contributed by atoms with van der Waals surface area (Å²) in [5.41, 5.74) is -0.998. The smallest absolute Gasteiger partial charge is 0.233 e. The number of nitrogens with zero attached hydrogens (tertiary/aromatic N) is 5. The van der Waals surface area contributed by atoms with E-state index in [0.29, 0.717) is 0 Å². The molecular weight excluding hydrogens is 371 g/mol. The molecule has 0 N–H and O–H groups in total. The Hall–Kier alpha value is -3.00. The second-order valence-corrected chi connectivity index (χ2v) is 7.40. The molecule has 0 bridgehead atoms. The third kappa shape index (κ3) is 3.11. The first-order valence-electron chi connectivity index (χ1n) is 7.23. The van der Waals surface area contributed by atoms with Crippen LogP contribution in [-0.4, -0.2) is 33.8 Å². The SMILES string of the molecule is CCS(=O)(=O)c1nc(-c2ccn3nc(C(F)(F)F)cc3n2)ccc1C#N. The van der Waals surface area contributed by atoms with E-state index >= 15 is 0 Å². The van der Waals surface area contributed by atoms with Crippen molar-refractivity contribution in [1.82, 2.24) is 19.6 Å². The third-order valence-electron chi connectivity index (χ3n) is 3.53. The topological polar surface area (TPSA) is 101 Å². The summed E-state index contributed by atoms with van der Waals surface area (Å²) in [6.07, 6.45) is -3.34. The van der Waals surface area contributed by atoms with E-state index in [1.54, 1.807) is 6.07 Å². The molecule has 3 aromatic rings. The van der Waals surface area contributed by atoms with Gasteiger partial charge in [-0.3, -0.25) is 0 Å². The maximum Gasteiger partial charge on any atom is 0.435 e. The molecule has 0 aromatic carbocycles. The lowest BCUT2D eigenvalue weighted by Crippen LogP contribution is -2.09. The summed E-state index contributed by atoms with van der Waals surface area (Å²) in [4.78, 5) is 8.04. The Labute approximate surface area is 145 Å². The van der Waals surface area contributed by atoms with Gasteiger partial charge >= 0.3 is 6.18 Å². The largest absolute Gasteiger partial charge is 0.435 e. The molecule has 0 aliphatic carbocycles. The fourth-order valence-corrected chi connectivity index (χ4v) is 3.16. The van der Waals surface area contributed by atoms with Crippen LogP contribution >= 0.6 is 0 Å². The van der Waals surface area contributed by atoms with Gasteiger partial charge < -0.3 is 0 Å². The number of halogens is 3. The molecule has 3 heterocycles. The van der Waals surface area contributed by atoms with Crippen LogP contribution in [-0.2, 0) is 16.0 Å². The molecule has 3 aromatic heterocycles. The van der Waals surface area contributed by atoms with Crippen molar-refractivity contribution in [3.8, 4) is 17.5 Å². The molecule has 0 amide bonds. The second-order valence-electron chi connectivity index (χ2n) is 5.21. The van der Waals surface area contributed by atoms with Crippen molar-refractivity contribution in [3.63, 3.8) is 0 Å². The van der Waals surface area contributed by atoms with Crippen LogP contribution in [0, 0.1) is 11.3 Å². The van der Waals surface area contributed by atoms with Crippen molar-refractivity contribution in [1.29, 1.82) is 5.26 Å². The van der Waals surface area contributed by atoms with E-state index in [9.17, 15) is 21.6 Å². The molecule has 26 heavy (non-hydrogen) atoms. The predicted octanol–water partition coefficient (Wildman–Crippen LogP) is 2.48. The molecule has 0 fully saturated rings. The summed E-state index contributed by atoms with van der Waals surface area (Å²) in [7, 11) is -3.76. The lowest BCUT2D eigenvalue weighted by Gasteiger charge is -2.06. The van der Waals surface area contributed by atoms with E-state index in [-0.39, 0.29) is 33.4 Å². The third-order valence-corrected chi connectivity index (χ3v) is 5.19. The first-order valence-corrected chi connectivity index (χ1v) is 8.89. The van der Waals surface area contributed by atoms with E-state index in [0.717, 1.165) is 10.6 Å². The van der Waals surface area contributed by atoms with Crippen LogP contribution in [0.1, 0.15) is 18.2 Å². The summed E-state index contributed by atoms with van der Waals surface area (Å²) in [5, 5.41) is 12.1. The van der Waals surface area contributed by atoms with Crippen molar-refractivity contribution in [2.45, 2.75) is 18.1 Å². The first kappa shape index (κ1) is 17.8. The van der Waals surface area contributed by atoms with Gasteiger partial charge in [0.15, 0.2) is 26.2 Å². The molecule has 134 valence electrons. The van der Waals surface area contributed by atoms with Crippen LogP contribution in [0.4, 0.5) is 13.2 Å². The summed E-state index contributed by atoms with van der Waals surface area (Å²) >= 11 is 0. The minimum atomic E-state index is -4.61. The number of pyridine rings is 1. The molecule has 0 saturated heterocycles. The van der Waals surface area contributed by atoms with Gasteiger partial charge in [-0.1, -0.05) is 6.92 Å². The highest BCUT2D eigenvalue weighted by atomic mass is 32.2. The number of alkyl halides is 3. The molecule has 11 heteroatoms. The van der Waals surface area contributed by atoms with Crippen molar-refractivity contribution in [3.05, 3.63) is 41.7 Å². The molecule has 3 rings (SSSR count). The van der Waals surface area contributed by atoms with Crippen molar-refractivity contribution in [2.75, 3.05) is 5.75 Å². The minimum Gasteiger partial charge on any atom is -0.233 e. The van der Waals surface area contributed by atoms with E-state index < -0.39 is 21.7 Å². The highest BCUT2D eigenvalue weighted by Crippen LogP contribution is 2.29. The van der Waals surface area contributed by atoms with Crippen LogP contribution in [0.3, 0.4) is 0 Å². The molecule has 0 atom stereocenters. The van der Waals surface area contributed by atoms with Gasteiger partial charge in [0.1, 0.15) is 6.07 Å². The fraction of sp³-hybridized carbons (Fsp3) is 0.200. The molecule has 0 aliphatic rings. The number of fused-ring (bicyclic) bond motifs is 1. The molecule has 0 unspecified atom stereocenters. The van der Waals surface area contributed by atoms with Crippen molar-refractivity contribution in [2.24, 2.45) is 0 Å². The van der Waals surface area contributed by atoms with Crippen LogP contribution in [0.2, 0.25) is 0 Å². The van der Waals surface area contributed by atoms with Crippen LogP contribution < -0.4 is 0 Å².